The van der Waals surface area contributed by atoms with Crippen LogP contribution in [0.2, 0.25) is 5.02 Å². The molecule has 0 bridgehead atoms. The summed E-state index contributed by atoms with van der Waals surface area (Å²) in [5, 5.41) is 0.592. The summed E-state index contributed by atoms with van der Waals surface area (Å²) in [5.41, 5.74) is 0.901. The molecule has 0 amide bonds. The molecule has 1 heterocycles. The van der Waals surface area contributed by atoms with Crippen molar-refractivity contribution in [1.82, 2.24) is 9.97 Å². The van der Waals surface area contributed by atoms with Crippen LogP contribution < -0.4 is 4.74 Å². The first-order valence-corrected chi connectivity index (χ1v) is 5.56. The number of nitrogens with one attached hydrogen (secondary N) is 1. The SMILES string of the molecule is COc1cccc(COCc2ncc[nH]2)c1Cl. The molecule has 0 spiro atoms. The van der Waals surface area contributed by atoms with Crippen molar-refractivity contribution in [3.8, 4) is 5.75 Å². The summed E-state index contributed by atoms with van der Waals surface area (Å²) < 4.78 is 10.6. The lowest BCUT2D eigenvalue weighted by atomic mass is 10.2. The Bertz CT molecular complexity index is 471. The molecule has 0 aliphatic rings. The van der Waals surface area contributed by atoms with Gasteiger partial charge in [-0.2, -0.15) is 0 Å². The summed E-state index contributed by atoms with van der Waals surface area (Å²) in [4.78, 5) is 7.03. The zero-order chi connectivity index (χ0) is 12.1. The van der Waals surface area contributed by atoms with E-state index in [2.05, 4.69) is 9.97 Å². The molecule has 5 heteroatoms. The number of ether oxygens (including phenoxy) is 2. The van der Waals surface area contributed by atoms with Crippen LogP contribution in [0.5, 0.6) is 5.75 Å². The third kappa shape index (κ3) is 2.99. The van der Waals surface area contributed by atoms with Crippen molar-refractivity contribution in [3.05, 3.63) is 47.0 Å². The fraction of sp³-hybridized carbons (Fsp3) is 0.250. The summed E-state index contributed by atoms with van der Waals surface area (Å²) in [6, 6.07) is 5.61. The van der Waals surface area contributed by atoms with Crippen LogP contribution in [0.3, 0.4) is 0 Å². The van der Waals surface area contributed by atoms with Gasteiger partial charge in [-0.1, -0.05) is 23.7 Å². The van der Waals surface area contributed by atoms with E-state index in [4.69, 9.17) is 21.1 Å². The summed E-state index contributed by atoms with van der Waals surface area (Å²) in [6.07, 6.45) is 3.45. The van der Waals surface area contributed by atoms with Crippen LogP contribution in [0.15, 0.2) is 30.6 Å². The molecule has 2 rings (SSSR count). The van der Waals surface area contributed by atoms with Gasteiger partial charge in [0.05, 0.1) is 18.7 Å². The minimum atomic E-state index is 0.427. The van der Waals surface area contributed by atoms with Crippen molar-refractivity contribution < 1.29 is 9.47 Å². The molecule has 4 nitrogen and oxygen atoms in total. The fourth-order valence-corrected chi connectivity index (χ4v) is 1.72. The highest BCUT2D eigenvalue weighted by molar-refractivity contribution is 6.32. The van der Waals surface area contributed by atoms with Crippen LogP contribution in [0.1, 0.15) is 11.4 Å². The quantitative estimate of drug-likeness (QED) is 0.890. The molecule has 2 aromatic rings. The Labute approximate surface area is 105 Å². The fourth-order valence-electron chi connectivity index (χ4n) is 1.46. The number of H-pyrrole nitrogens is 1. The maximum atomic E-state index is 6.14. The van der Waals surface area contributed by atoms with E-state index in [9.17, 15) is 0 Å². The Morgan fingerprint density at radius 1 is 1.35 bits per heavy atom. The topological polar surface area (TPSA) is 47.1 Å². The zero-order valence-electron chi connectivity index (χ0n) is 9.44. The van der Waals surface area contributed by atoms with Gasteiger partial charge in [0.1, 0.15) is 18.2 Å². The standard InChI is InChI=1S/C12H13ClN2O2/c1-16-10-4-2-3-9(12(10)13)7-17-8-11-14-5-6-15-11/h2-6H,7-8H2,1H3,(H,14,15). The molecule has 0 saturated carbocycles. The van der Waals surface area contributed by atoms with Crippen LogP contribution >= 0.6 is 11.6 Å². The largest absolute Gasteiger partial charge is 0.495 e. The molecule has 0 atom stereocenters. The molecular weight excluding hydrogens is 240 g/mol. The van der Waals surface area contributed by atoms with E-state index in [1.54, 1.807) is 19.5 Å². The lowest BCUT2D eigenvalue weighted by Crippen LogP contribution is -1.97. The molecule has 1 aromatic carbocycles. The molecule has 0 radical (unpaired) electrons. The second-order valence-corrected chi connectivity index (χ2v) is 3.84. The van der Waals surface area contributed by atoms with Crippen LogP contribution in [-0.4, -0.2) is 17.1 Å². The zero-order valence-corrected chi connectivity index (χ0v) is 10.2. The number of methoxy groups -OCH3 is 1. The molecule has 0 fully saturated rings. The van der Waals surface area contributed by atoms with Gasteiger partial charge in [-0.25, -0.2) is 4.98 Å². The Morgan fingerprint density at radius 2 is 2.24 bits per heavy atom. The number of halogens is 1. The minimum absolute atomic E-state index is 0.427. The van der Waals surface area contributed by atoms with Gasteiger partial charge < -0.3 is 14.5 Å². The van der Waals surface area contributed by atoms with E-state index in [0.717, 1.165) is 11.4 Å². The minimum Gasteiger partial charge on any atom is -0.495 e. The predicted molar refractivity (Wildman–Crippen MR) is 65.1 cm³/mol. The van der Waals surface area contributed by atoms with Gasteiger partial charge >= 0.3 is 0 Å². The number of benzene rings is 1. The maximum absolute atomic E-state index is 6.14. The number of aromatic amines is 1. The van der Waals surface area contributed by atoms with Crippen LogP contribution in [0, 0.1) is 0 Å². The smallest absolute Gasteiger partial charge is 0.137 e. The summed E-state index contributed by atoms with van der Waals surface area (Å²) in [5.74, 6) is 1.45. The average Bonchev–Trinajstić information content (AvgIpc) is 2.84. The van der Waals surface area contributed by atoms with Crippen molar-refractivity contribution >= 4 is 11.6 Å². The van der Waals surface area contributed by atoms with Crippen LogP contribution in [-0.2, 0) is 18.0 Å². The van der Waals surface area contributed by atoms with Crippen molar-refractivity contribution in [2.75, 3.05) is 7.11 Å². The first kappa shape index (κ1) is 12.0. The van der Waals surface area contributed by atoms with Crippen molar-refractivity contribution in [1.29, 1.82) is 0 Å². The van der Waals surface area contributed by atoms with E-state index < -0.39 is 0 Å². The number of imidazole rings is 1. The highest BCUT2D eigenvalue weighted by atomic mass is 35.5. The highest BCUT2D eigenvalue weighted by Gasteiger charge is 2.06. The highest BCUT2D eigenvalue weighted by Crippen LogP contribution is 2.28. The van der Waals surface area contributed by atoms with E-state index >= 15 is 0 Å². The van der Waals surface area contributed by atoms with Gasteiger partial charge in [-0.05, 0) is 6.07 Å². The van der Waals surface area contributed by atoms with Gasteiger partial charge in [-0.3, -0.25) is 0 Å². The monoisotopic (exact) mass is 252 g/mol. The summed E-state index contributed by atoms with van der Waals surface area (Å²) in [6.45, 7) is 0.858. The molecule has 0 saturated heterocycles. The molecule has 0 aliphatic heterocycles. The van der Waals surface area contributed by atoms with Gasteiger partial charge in [0.2, 0.25) is 0 Å². The van der Waals surface area contributed by atoms with Crippen molar-refractivity contribution in [3.63, 3.8) is 0 Å². The number of aromatic nitrogens is 2. The number of nitrogens with zero attached hydrogens (tertiary/aromatic N) is 1. The Hall–Kier alpha value is -1.52. The molecule has 1 aromatic heterocycles. The first-order valence-electron chi connectivity index (χ1n) is 5.18. The Morgan fingerprint density at radius 3 is 2.94 bits per heavy atom. The molecule has 0 unspecified atom stereocenters. The Kier molecular flexibility index (Phi) is 4.01. The van der Waals surface area contributed by atoms with Gasteiger partial charge in [-0.15, -0.1) is 0 Å². The van der Waals surface area contributed by atoms with Crippen molar-refractivity contribution in [2.45, 2.75) is 13.2 Å². The normalized spacial score (nSPS) is 10.5. The van der Waals surface area contributed by atoms with E-state index in [1.807, 2.05) is 18.2 Å². The van der Waals surface area contributed by atoms with Gasteiger partial charge in [0, 0.05) is 18.0 Å². The average molecular weight is 253 g/mol. The number of hydrogen-bond acceptors (Lipinski definition) is 3. The third-order valence-electron chi connectivity index (χ3n) is 2.31. The molecule has 1 N–H and O–H groups in total. The first-order chi connectivity index (χ1) is 8.31. The molecule has 90 valence electrons. The Balaban J connectivity index is 1.95. The van der Waals surface area contributed by atoms with E-state index in [1.165, 1.54) is 0 Å². The lowest BCUT2D eigenvalue weighted by molar-refractivity contribution is 0.102. The second kappa shape index (κ2) is 5.70. The predicted octanol–water partition coefficient (Wildman–Crippen LogP) is 2.79. The van der Waals surface area contributed by atoms with E-state index in [0.29, 0.717) is 24.0 Å². The van der Waals surface area contributed by atoms with Gasteiger partial charge in [0.15, 0.2) is 0 Å². The maximum Gasteiger partial charge on any atom is 0.137 e. The number of rotatable bonds is 5. The third-order valence-corrected chi connectivity index (χ3v) is 2.74. The molecule has 0 aliphatic carbocycles. The summed E-state index contributed by atoms with van der Waals surface area (Å²) in [7, 11) is 1.59. The van der Waals surface area contributed by atoms with Crippen LogP contribution in [0.25, 0.3) is 0 Å². The van der Waals surface area contributed by atoms with E-state index in [-0.39, 0.29) is 0 Å². The molecular formula is C12H13ClN2O2. The lowest BCUT2D eigenvalue weighted by Gasteiger charge is -2.08. The second-order valence-electron chi connectivity index (χ2n) is 3.46. The molecule has 17 heavy (non-hydrogen) atoms. The van der Waals surface area contributed by atoms with Gasteiger partial charge in [0.25, 0.3) is 0 Å². The summed E-state index contributed by atoms with van der Waals surface area (Å²) >= 11 is 6.14. The van der Waals surface area contributed by atoms with Crippen LogP contribution in [0.4, 0.5) is 0 Å². The number of hydrogen-bond donors (Lipinski definition) is 1. The van der Waals surface area contributed by atoms with Crippen molar-refractivity contribution in [2.24, 2.45) is 0 Å².